The van der Waals surface area contributed by atoms with Gasteiger partial charge in [-0.15, -0.1) is 0 Å². The number of primary amides is 1. The quantitative estimate of drug-likeness (QED) is 0.821. The zero-order chi connectivity index (χ0) is 13.7. The minimum absolute atomic E-state index is 0.0632. The zero-order valence-corrected chi connectivity index (χ0v) is 9.87. The van der Waals surface area contributed by atoms with Crippen LogP contribution in [0.25, 0.3) is 0 Å². The Labute approximate surface area is 103 Å². The van der Waals surface area contributed by atoms with Crippen molar-refractivity contribution in [1.29, 1.82) is 0 Å². The molecule has 0 bridgehead atoms. The van der Waals surface area contributed by atoms with E-state index in [-0.39, 0.29) is 12.0 Å². The number of nitrogens with one attached hydrogen (secondary N) is 1. The smallest absolute Gasteiger partial charge is 0.239 e. The van der Waals surface area contributed by atoms with Crippen LogP contribution < -0.4 is 11.1 Å². The van der Waals surface area contributed by atoms with Crippen LogP contribution in [0.15, 0.2) is 18.2 Å². The Morgan fingerprint density at radius 2 is 2.06 bits per heavy atom. The molecule has 0 fully saturated rings. The van der Waals surface area contributed by atoms with Crippen molar-refractivity contribution in [3.8, 4) is 0 Å². The number of halogens is 2. The normalized spacial score (nSPS) is 11.9. The van der Waals surface area contributed by atoms with Gasteiger partial charge in [-0.1, -0.05) is 13.0 Å². The summed E-state index contributed by atoms with van der Waals surface area (Å²) >= 11 is 0. The fraction of sp³-hybridized carbons (Fsp3) is 0.333. The number of amides is 2. The molecule has 0 aromatic heterocycles. The topological polar surface area (TPSA) is 72.2 Å². The Bertz CT molecular complexity index is 463. The molecule has 0 aliphatic rings. The molecule has 0 aliphatic heterocycles. The maximum absolute atomic E-state index is 13.3. The van der Waals surface area contributed by atoms with E-state index in [4.69, 9.17) is 5.73 Å². The lowest BCUT2D eigenvalue weighted by molar-refractivity contribution is -0.127. The molecular formula is C12H14F2N2O2. The van der Waals surface area contributed by atoms with E-state index in [1.807, 2.05) is 0 Å². The van der Waals surface area contributed by atoms with Crippen LogP contribution in [0, 0.1) is 11.6 Å². The standard InChI is InChI=1S/C12H14F2N2O2/c1-2-10(12(15)18)16-11(17)5-7-3-4-8(13)6-9(7)14/h3-4,6,10H,2,5H2,1H3,(H2,15,18)(H,16,17)/t10-/m1/s1. The summed E-state index contributed by atoms with van der Waals surface area (Å²) in [5, 5.41) is 2.38. The second kappa shape index (κ2) is 6.09. The molecule has 98 valence electrons. The summed E-state index contributed by atoms with van der Waals surface area (Å²) in [4.78, 5) is 22.5. The van der Waals surface area contributed by atoms with Gasteiger partial charge in [0.2, 0.25) is 11.8 Å². The van der Waals surface area contributed by atoms with E-state index in [9.17, 15) is 18.4 Å². The minimum atomic E-state index is -0.794. The highest BCUT2D eigenvalue weighted by atomic mass is 19.1. The Balaban J connectivity index is 2.67. The molecule has 1 aromatic rings. The third kappa shape index (κ3) is 3.80. The van der Waals surface area contributed by atoms with Crippen LogP contribution in [-0.4, -0.2) is 17.9 Å². The van der Waals surface area contributed by atoms with Crippen molar-refractivity contribution in [3.05, 3.63) is 35.4 Å². The summed E-state index contributed by atoms with van der Waals surface area (Å²) in [6.45, 7) is 1.69. The van der Waals surface area contributed by atoms with E-state index in [1.165, 1.54) is 6.07 Å². The molecule has 6 heteroatoms. The van der Waals surface area contributed by atoms with E-state index in [0.29, 0.717) is 12.5 Å². The molecule has 18 heavy (non-hydrogen) atoms. The second-order valence-electron chi connectivity index (χ2n) is 3.84. The number of nitrogens with two attached hydrogens (primary N) is 1. The molecule has 1 atom stereocenters. The summed E-state index contributed by atoms with van der Waals surface area (Å²) in [5.74, 6) is -2.69. The van der Waals surface area contributed by atoms with Crippen molar-refractivity contribution in [2.75, 3.05) is 0 Å². The summed E-state index contributed by atoms with van der Waals surface area (Å²) in [6.07, 6.45) is 0.0862. The Morgan fingerprint density at radius 1 is 1.39 bits per heavy atom. The molecule has 0 unspecified atom stereocenters. The average molecular weight is 256 g/mol. The first-order valence-corrected chi connectivity index (χ1v) is 5.46. The van der Waals surface area contributed by atoms with Gasteiger partial charge >= 0.3 is 0 Å². The van der Waals surface area contributed by atoms with Gasteiger partial charge in [-0.2, -0.15) is 0 Å². The van der Waals surface area contributed by atoms with Crippen molar-refractivity contribution < 1.29 is 18.4 Å². The number of hydrogen-bond donors (Lipinski definition) is 2. The lowest BCUT2D eigenvalue weighted by atomic mass is 10.1. The first kappa shape index (κ1) is 14.1. The van der Waals surface area contributed by atoms with Crippen molar-refractivity contribution in [2.24, 2.45) is 5.73 Å². The minimum Gasteiger partial charge on any atom is -0.368 e. The van der Waals surface area contributed by atoms with Crippen molar-refractivity contribution in [3.63, 3.8) is 0 Å². The van der Waals surface area contributed by atoms with Gasteiger partial charge in [0.05, 0.1) is 6.42 Å². The summed E-state index contributed by atoms with van der Waals surface area (Å²) < 4.78 is 25.9. The van der Waals surface area contributed by atoms with Gasteiger partial charge in [-0.05, 0) is 18.1 Å². The van der Waals surface area contributed by atoms with Gasteiger partial charge < -0.3 is 11.1 Å². The molecule has 2 amide bonds. The zero-order valence-electron chi connectivity index (χ0n) is 9.87. The molecule has 1 rings (SSSR count). The van der Waals surface area contributed by atoms with E-state index < -0.39 is 29.5 Å². The van der Waals surface area contributed by atoms with Gasteiger partial charge in [-0.25, -0.2) is 8.78 Å². The number of benzene rings is 1. The van der Waals surface area contributed by atoms with Crippen molar-refractivity contribution >= 4 is 11.8 Å². The molecule has 0 saturated heterocycles. The molecule has 0 radical (unpaired) electrons. The van der Waals surface area contributed by atoms with Crippen molar-refractivity contribution in [2.45, 2.75) is 25.8 Å². The predicted octanol–water partition coefficient (Wildman–Crippen LogP) is 0.887. The number of carbonyl (C=O) groups excluding carboxylic acids is 2. The molecule has 0 heterocycles. The van der Waals surface area contributed by atoms with Gasteiger partial charge in [0, 0.05) is 6.07 Å². The van der Waals surface area contributed by atoms with E-state index in [2.05, 4.69) is 5.32 Å². The Hall–Kier alpha value is -1.98. The van der Waals surface area contributed by atoms with Crippen molar-refractivity contribution in [1.82, 2.24) is 5.32 Å². The third-order valence-electron chi connectivity index (χ3n) is 2.45. The van der Waals surface area contributed by atoms with Gasteiger partial charge in [0.1, 0.15) is 17.7 Å². The van der Waals surface area contributed by atoms with Crippen LogP contribution in [0.3, 0.4) is 0 Å². The maximum atomic E-state index is 13.3. The lowest BCUT2D eigenvalue weighted by Gasteiger charge is -2.13. The molecule has 0 aliphatic carbocycles. The SMILES string of the molecule is CC[C@@H](NC(=O)Cc1ccc(F)cc1F)C(N)=O. The average Bonchev–Trinajstić information content (AvgIpc) is 2.29. The monoisotopic (exact) mass is 256 g/mol. The highest BCUT2D eigenvalue weighted by molar-refractivity contribution is 5.87. The lowest BCUT2D eigenvalue weighted by Crippen LogP contribution is -2.44. The van der Waals surface area contributed by atoms with E-state index in [0.717, 1.165) is 6.07 Å². The highest BCUT2D eigenvalue weighted by Gasteiger charge is 2.16. The molecule has 4 nitrogen and oxygen atoms in total. The van der Waals surface area contributed by atoms with Crippen LogP contribution in [0.5, 0.6) is 0 Å². The molecule has 0 saturated carbocycles. The summed E-state index contributed by atoms with van der Waals surface area (Å²) in [5.41, 5.74) is 5.12. The molecular weight excluding hydrogens is 242 g/mol. The van der Waals surface area contributed by atoms with E-state index in [1.54, 1.807) is 6.92 Å². The van der Waals surface area contributed by atoms with Crippen LogP contribution >= 0.6 is 0 Å². The number of rotatable bonds is 5. The van der Waals surface area contributed by atoms with E-state index >= 15 is 0 Å². The van der Waals surface area contributed by atoms with Gasteiger partial charge in [0.25, 0.3) is 0 Å². The maximum Gasteiger partial charge on any atom is 0.239 e. The predicted molar refractivity (Wildman–Crippen MR) is 61.5 cm³/mol. The van der Waals surface area contributed by atoms with Gasteiger partial charge in [0.15, 0.2) is 0 Å². The van der Waals surface area contributed by atoms with Crippen LogP contribution in [0.2, 0.25) is 0 Å². The summed E-state index contributed by atoms with van der Waals surface area (Å²) in [6, 6.07) is 2.18. The highest BCUT2D eigenvalue weighted by Crippen LogP contribution is 2.10. The third-order valence-corrected chi connectivity index (χ3v) is 2.45. The van der Waals surface area contributed by atoms with Crippen LogP contribution in [0.4, 0.5) is 8.78 Å². The Morgan fingerprint density at radius 3 is 2.56 bits per heavy atom. The first-order valence-electron chi connectivity index (χ1n) is 5.46. The molecule has 3 N–H and O–H groups in total. The first-order chi connectivity index (χ1) is 8.43. The van der Waals surface area contributed by atoms with Crippen LogP contribution in [0.1, 0.15) is 18.9 Å². The van der Waals surface area contributed by atoms with Gasteiger partial charge in [-0.3, -0.25) is 9.59 Å². The molecule has 0 spiro atoms. The number of hydrogen-bond acceptors (Lipinski definition) is 2. The number of carbonyl (C=O) groups is 2. The Kier molecular flexibility index (Phi) is 4.76. The second-order valence-corrected chi connectivity index (χ2v) is 3.84. The molecule has 1 aromatic carbocycles. The fourth-order valence-electron chi connectivity index (χ4n) is 1.46. The van der Waals surface area contributed by atoms with Crippen LogP contribution in [-0.2, 0) is 16.0 Å². The largest absolute Gasteiger partial charge is 0.368 e. The fourth-order valence-corrected chi connectivity index (χ4v) is 1.46. The summed E-state index contributed by atoms with van der Waals surface area (Å²) in [7, 11) is 0.